The average Bonchev–Trinajstić information content (AvgIpc) is 2.85. The molecule has 0 radical (unpaired) electrons. The Bertz CT molecular complexity index is 613. The first kappa shape index (κ1) is 16.3. The lowest BCUT2D eigenvalue weighted by atomic mass is 10.1. The van der Waals surface area contributed by atoms with Crippen molar-refractivity contribution in [3.8, 4) is 0 Å². The number of thioether (sulfide) groups is 1. The summed E-state index contributed by atoms with van der Waals surface area (Å²) in [5, 5.41) is 12.5. The minimum atomic E-state index is -0.217. The monoisotopic (exact) mass is 341 g/mol. The fraction of sp³-hybridized carbons (Fsp3) is 0.357. The van der Waals surface area contributed by atoms with E-state index >= 15 is 0 Å². The minimum Gasteiger partial charge on any atom is -0.358 e. The zero-order valence-corrected chi connectivity index (χ0v) is 14.4. The van der Waals surface area contributed by atoms with Crippen molar-refractivity contribution in [2.24, 2.45) is 0 Å². The molecule has 21 heavy (non-hydrogen) atoms. The summed E-state index contributed by atoms with van der Waals surface area (Å²) >= 11 is 8.71. The molecule has 7 heteroatoms. The Kier molecular flexibility index (Phi) is 5.61. The van der Waals surface area contributed by atoms with Crippen LogP contribution >= 0.6 is 34.7 Å². The molecule has 0 amide bonds. The van der Waals surface area contributed by atoms with Crippen LogP contribution in [0.5, 0.6) is 0 Å². The number of halogens is 1. The number of nitrogens with zero attached hydrogens (tertiary/aromatic N) is 2. The molecule has 1 aromatic heterocycles. The van der Waals surface area contributed by atoms with Crippen molar-refractivity contribution in [1.29, 1.82) is 0 Å². The number of aromatic nitrogens is 2. The molecule has 2 rings (SSSR count). The highest BCUT2D eigenvalue weighted by Crippen LogP contribution is 2.30. The summed E-state index contributed by atoms with van der Waals surface area (Å²) in [7, 11) is 0. The van der Waals surface area contributed by atoms with E-state index in [1.165, 1.54) is 23.1 Å². The SMILES string of the molecule is CC(C)Nc1nnc(S[C@@H](C)C(=O)c2ccc(Cl)cc2)s1. The fourth-order valence-electron chi connectivity index (χ4n) is 1.62. The van der Waals surface area contributed by atoms with Gasteiger partial charge in [-0.3, -0.25) is 4.79 Å². The number of carbonyl (C=O) groups is 1. The minimum absolute atomic E-state index is 0.0604. The van der Waals surface area contributed by atoms with Crippen molar-refractivity contribution in [3.05, 3.63) is 34.9 Å². The number of ketones is 1. The van der Waals surface area contributed by atoms with Crippen LogP contribution in [0.3, 0.4) is 0 Å². The highest BCUT2D eigenvalue weighted by atomic mass is 35.5. The summed E-state index contributed by atoms with van der Waals surface area (Å²) in [4.78, 5) is 12.3. The smallest absolute Gasteiger partial charge is 0.206 e. The van der Waals surface area contributed by atoms with Crippen LogP contribution < -0.4 is 5.32 Å². The molecular weight excluding hydrogens is 326 g/mol. The van der Waals surface area contributed by atoms with Gasteiger partial charge in [0.1, 0.15) is 0 Å². The van der Waals surface area contributed by atoms with Gasteiger partial charge in [0.15, 0.2) is 10.1 Å². The lowest BCUT2D eigenvalue weighted by Gasteiger charge is -2.08. The number of hydrogen-bond acceptors (Lipinski definition) is 6. The summed E-state index contributed by atoms with van der Waals surface area (Å²) in [6.45, 7) is 5.96. The summed E-state index contributed by atoms with van der Waals surface area (Å²) in [6, 6.07) is 7.24. The number of Topliss-reactive ketones (excluding diaryl/α,β-unsaturated/α-hetero) is 1. The standard InChI is InChI=1S/C14H16ClN3OS2/c1-8(2)16-13-17-18-14(21-13)20-9(3)12(19)10-4-6-11(15)7-5-10/h4-9H,1-3H3,(H,16,17)/t9-/m0/s1. The molecule has 0 spiro atoms. The first-order chi connectivity index (χ1) is 9.95. The number of hydrogen-bond donors (Lipinski definition) is 1. The van der Waals surface area contributed by atoms with Gasteiger partial charge in [-0.1, -0.05) is 34.7 Å². The number of rotatable bonds is 6. The van der Waals surface area contributed by atoms with Crippen LogP contribution in [0.2, 0.25) is 5.02 Å². The van der Waals surface area contributed by atoms with Crippen LogP contribution in [-0.4, -0.2) is 27.3 Å². The molecule has 0 unspecified atom stereocenters. The van der Waals surface area contributed by atoms with E-state index in [0.29, 0.717) is 16.6 Å². The zero-order chi connectivity index (χ0) is 15.4. The molecular formula is C14H16ClN3OS2. The predicted molar refractivity (Wildman–Crippen MR) is 89.8 cm³/mol. The Morgan fingerprint density at radius 3 is 2.52 bits per heavy atom. The van der Waals surface area contributed by atoms with Gasteiger partial charge in [0, 0.05) is 16.6 Å². The number of benzene rings is 1. The molecule has 0 aliphatic heterocycles. The quantitative estimate of drug-likeness (QED) is 0.624. The Hall–Kier alpha value is -1.11. The van der Waals surface area contributed by atoms with Gasteiger partial charge in [0.2, 0.25) is 5.13 Å². The van der Waals surface area contributed by atoms with Gasteiger partial charge in [-0.2, -0.15) is 0 Å². The second kappa shape index (κ2) is 7.24. The fourth-order valence-corrected chi connectivity index (χ4v) is 3.86. The maximum atomic E-state index is 12.3. The van der Waals surface area contributed by atoms with E-state index in [1.54, 1.807) is 24.3 Å². The van der Waals surface area contributed by atoms with Crippen LogP contribution in [0.4, 0.5) is 5.13 Å². The second-order valence-corrected chi connectivity index (χ2v) is 7.81. The second-order valence-electron chi connectivity index (χ2n) is 4.80. The third-order valence-corrected chi connectivity index (χ3v) is 4.88. The van der Waals surface area contributed by atoms with Gasteiger partial charge >= 0.3 is 0 Å². The zero-order valence-electron chi connectivity index (χ0n) is 12.0. The van der Waals surface area contributed by atoms with Crippen molar-refractivity contribution >= 4 is 45.6 Å². The molecule has 1 atom stereocenters. The van der Waals surface area contributed by atoms with Crippen LogP contribution in [-0.2, 0) is 0 Å². The van der Waals surface area contributed by atoms with Gasteiger partial charge in [0.25, 0.3) is 0 Å². The van der Waals surface area contributed by atoms with Gasteiger partial charge in [-0.05, 0) is 45.0 Å². The van der Waals surface area contributed by atoms with E-state index in [4.69, 9.17) is 11.6 Å². The maximum absolute atomic E-state index is 12.3. The van der Waals surface area contributed by atoms with Crippen molar-refractivity contribution in [2.75, 3.05) is 5.32 Å². The van der Waals surface area contributed by atoms with Gasteiger partial charge in [-0.25, -0.2) is 0 Å². The number of carbonyl (C=O) groups excluding carboxylic acids is 1. The lowest BCUT2D eigenvalue weighted by molar-refractivity contribution is 0.0994. The molecule has 4 nitrogen and oxygen atoms in total. The Balaban J connectivity index is 2.00. The van der Waals surface area contributed by atoms with Crippen molar-refractivity contribution in [3.63, 3.8) is 0 Å². The Morgan fingerprint density at radius 2 is 1.90 bits per heavy atom. The highest BCUT2D eigenvalue weighted by molar-refractivity contribution is 8.02. The summed E-state index contributed by atoms with van der Waals surface area (Å²) in [5.41, 5.74) is 0.657. The molecule has 0 saturated heterocycles. The third-order valence-electron chi connectivity index (χ3n) is 2.59. The molecule has 0 fully saturated rings. The largest absolute Gasteiger partial charge is 0.358 e. The van der Waals surface area contributed by atoms with E-state index in [0.717, 1.165) is 9.47 Å². The van der Waals surface area contributed by atoms with E-state index < -0.39 is 0 Å². The molecule has 1 heterocycles. The molecule has 0 bridgehead atoms. The van der Waals surface area contributed by atoms with E-state index in [2.05, 4.69) is 15.5 Å². The van der Waals surface area contributed by atoms with Crippen LogP contribution in [0, 0.1) is 0 Å². The average molecular weight is 342 g/mol. The molecule has 1 aromatic carbocycles. The molecule has 0 aliphatic rings. The van der Waals surface area contributed by atoms with Crippen molar-refractivity contribution < 1.29 is 4.79 Å². The third kappa shape index (κ3) is 4.69. The van der Waals surface area contributed by atoms with E-state index in [9.17, 15) is 4.79 Å². The summed E-state index contributed by atoms with van der Waals surface area (Å²) in [5.74, 6) is 0.0604. The van der Waals surface area contributed by atoms with E-state index in [1.807, 2.05) is 20.8 Å². The normalized spacial score (nSPS) is 12.4. The Morgan fingerprint density at radius 1 is 1.24 bits per heavy atom. The molecule has 0 saturated carbocycles. The lowest BCUT2D eigenvalue weighted by Crippen LogP contribution is -2.13. The topological polar surface area (TPSA) is 54.9 Å². The summed E-state index contributed by atoms with van der Waals surface area (Å²) in [6.07, 6.45) is 0. The number of anilines is 1. The molecule has 1 N–H and O–H groups in total. The Labute approximate surface area is 137 Å². The van der Waals surface area contributed by atoms with Crippen molar-refractivity contribution in [1.82, 2.24) is 10.2 Å². The van der Waals surface area contributed by atoms with E-state index in [-0.39, 0.29) is 11.0 Å². The van der Waals surface area contributed by atoms with Gasteiger partial charge in [-0.15, -0.1) is 10.2 Å². The maximum Gasteiger partial charge on any atom is 0.206 e. The highest BCUT2D eigenvalue weighted by Gasteiger charge is 2.18. The van der Waals surface area contributed by atoms with Crippen LogP contribution in [0.1, 0.15) is 31.1 Å². The first-order valence-corrected chi connectivity index (χ1v) is 8.59. The van der Waals surface area contributed by atoms with Gasteiger partial charge < -0.3 is 5.32 Å². The number of nitrogens with one attached hydrogen (secondary N) is 1. The predicted octanol–water partition coefficient (Wildman–Crippen LogP) is 4.38. The van der Waals surface area contributed by atoms with Crippen LogP contribution in [0.15, 0.2) is 28.6 Å². The van der Waals surface area contributed by atoms with Gasteiger partial charge in [0.05, 0.1) is 5.25 Å². The summed E-state index contributed by atoms with van der Waals surface area (Å²) < 4.78 is 0.785. The molecule has 112 valence electrons. The molecule has 2 aromatic rings. The van der Waals surface area contributed by atoms with Crippen LogP contribution in [0.25, 0.3) is 0 Å². The van der Waals surface area contributed by atoms with Crippen molar-refractivity contribution in [2.45, 2.75) is 36.4 Å². The molecule has 0 aliphatic carbocycles. The first-order valence-electron chi connectivity index (χ1n) is 6.52.